The Kier molecular flexibility index (Phi) is 4.33. The number of carbonyl (C=O) groups excluding carboxylic acids is 1. The van der Waals surface area contributed by atoms with Gasteiger partial charge in [0.2, 0.25) is 11.7 Å². The van der Waals surface area contributed by atoms with Gasteiger partial charge in [0.05, 0.1) is 16.8 Å². The van der Waals surface area contributed by atoms with Crippen molar-refractivity contribution in [2.45, 2.75) is 37.9 Å². The van der Waals surface area contributed by atoms with Crippen LogP contribution in [0.1, 0.15) is 26.7 Å². The van der Waals surface area contributed by atoms with Crippen molar-refractivity contribution in [2.75, 3.05) is 5.75 Å². The van der Waals surface area contributed by atoms with E-state index in [2.05, 4.69) is 27.4 Å². The average molecular weight is 317 g/mol. The van der Waals surface area contributed by atoms with Crippen LogP contribution in [0.5, 0.6) is 0 Å². The van der Waals surface area contributed by atoms with E-state index in [9.17, 15) is 4.79 Å². The molecule has 3 aromatic rings. The van der Waals surface area contributed by atoms with Crippen molar-refractivity contribution in [2.24, 2.45) is 0 Å². The van der Waals surface area contributed by atoms with Gasteiger partial charge in [0, 0.05) is 6.04 Å². The first-order valence-electron chi connectivity index (χ1n) is 7.42. The molecule has 1 aromatic carbocycles. The van der Waals surface area contributed by atoms with Crippen molar-refractivity contribution in [3.63, 3.8) is 0 Å². The Morgan fingerprint density at radius 2 is 2.27 bits per heavy atom. The van der Waals surface area contributed by atoms with E-state index in [1.165, 1.54) is 11.8 Å². The van der Waals surface area contributed by atoms with Crippen molar-refractivity contribution in [3.05, 3.63) is 24.3 Å². The van der Waals surface area contributed by atoms with Crippen molar-refractivity contribution in [3.8, 4) is 0 Å². The fourth-order valence-corrected chi connectivity index (χ4v) is 3.26. The highest BCUT2D eigenvalue weighted by molar-refractivity contribution is 7.99. The van der Waals surface area contributed by atoms with E-state index >= 15 is 0 Å². The summed E-state index contributed by atoms with van der Waals surface area (Å²) in [7, 11) is 0. The van der Waals surface area contributed by atoms with Gasteiger partial charge in [0.15, 0.2) is 5.16 Å². The summed E-state index contributed by atoms with van der Waals surface area (Å²) in [6.45, 7) is 4.14. The van der Waals surface area contributed by atoms with Gasteiger partial charge in [-0.1, -0.05) is 37.2 Å². The summed E-state index contributed by atoms with van der Waals surface area (Å²) in [5, 5.41) is 10.9. The molecule has 0 fully saturated rings. The minimum atomic E-state index is 0.0338. The molecule has 2 heterocycles. The maximum Gasteiger partial charge on any atom is 0.231 e. The Bertz CT molecular complexity index is 794. The lowest BCUT2D eigenvalue weighted by molar-refractivity contribution is -0.119. The first-order valence-corrected chi connectivity index (χ1v) is 8.41. The van der Waals surface area contributed by atoms with Crippen LogP contribution in [0.2, 0.25) is 0 Å². The smallest absolute Gasteiger partial charge is 0.231 e. The molecule has 6 nitrogen and oxygen atoms in total. The average Bonchev–Trinajstić information content (AvgIpc) is 3.04. The molecule has 2 N–H and O–H groups in total. The third-order valence-electron chi connectivity index (χ3n) is 3.47. The number of aromatic amines is 1. The molecular formula is C15H19N5OS. The summed E-state index contributed by atoms with van der Waals surface area (Å²) in [6, 6.07) is 8.10. The molecule has 0 bridgehead atoms. The first-order chi connectivity index (χ1) is 10.7. The van der Waals surface area contributed by atoms with Crippen molar-refractivity contribution < 1.29 is 4.79 Å². The summed E-state index contributed by atoms with van der Waals surface area (Å²) in [6.07, 6.45) is 2.06. The predicted molar refractivity (Wildman–Crippen MR) is 88.1 cm³/mol. The lowest BCUT2D eigenvalue weighted by atomic mass is 10.2. The second-order valence-corrected chi connectivity index (χ2v) is 6.25. The number of carbonyl (C=O) groups is 1. The fourth-order valence-electron chi connectivity index (χ4n) is 2.49. The minimum absolute atomic E-state index is 0.0338. The molecule has 0 radical (unpaired) electrons. The number of aromatic nitrogens is 4. The number of nitrogens with zero attached hydrogens (tertiary/aromatic N) is 3. The number of amides is 1. The van der Waals surface area contributed by atoms with Crippen LogP contribution in [0.4, 0.5) is 0 Å². The molecule has 22 heavy (non-hydrogen) atoms. The second kappa shape index (κ2) is 6.39. The Hall–Kier alpha value is -2.02. The number of hydrogen-bond donors (Lipinski definition) is 2. The standard InChI is InChI=1S/C15H19N5OS/c1-3-6-10(2)16-13(21)9-22-15-19-18-14-17-11-7-4-5-8-12(11)20(14)15/h4-5,7-8,10H,3,6,9H2,1-2H3,(H,16,21)(H,17,18)/t10-/m0/s1. The minimum Gasteiger partial charge on any atom is -0.353 e. The number of H-pyrrole nitrogens is 1. The topological polar surface area (TPSA) is 75.1 Å². The van der Waals surface area contributed by atoms with E-state index in [1.807, 2.05) is 35.6 Å². The van der Waals surface area contributed by atoms with Crippen molar-refractivity contribution in [1.82, 2.24) is 24.9 Å². The zero-order valence-corrected chi connectivity index (χ0v) is 13.5. The van der Waals surface area contributed by atoms with Gasteiger partial charge in [-0.15, -0.1) is 5.10 Å². The molecule has 0 aliphatic carbocycles. The lowest BCUT2D eigenvalue weighted by Gasteiger charge is -2.11. The van der Waals surface area contributed by atoms with E-state index < -0.39 is 0 Å². The number of imidazole rings is 1. The Labute approximate surface area is 132 Å². The van der Waals surface area contributed by atoms with E-state index in [0.717, 1.165) is 29.0 Å². The number of nitrogens with one attached hydrogen (secondary N) is 2. The van der Waals surface area contributed by atoms with E-state index in [0.29, 0.717) is 11.5 Å². The first kappa shape index (κ1) is 14.9. The number of benzene rings is 1. The SMILES string of the molecule is CCC[C@H](C)NC(=O)CSc1n[nH]c2nc3ccccc3n12. The summed E-state index contributed by atoms with van der Waals surface area (Å²) in [4.78, 5) is 16.4. The van der Waals surface area contributed by atoms with Crippen LogP contribution in [0.3, 0.4) is 0 Å². The van der Waals surface area contributed by atoms with Crippen molar-refractivity contribution in [1.29, 1.82) is 0 Å². The third kappa shape index (κ3) is 2.94. The van der Waals surface area contributed by atoms with Crippen LogP contribution in [-0.4, -0.2) is 37.3 Å². The Balaban J connectivity index is 1.73. The summed E-state index contributed by atoms with van der Waals surface area (Å²) < 4.78 is 1.95. The number of hydrogen-bond acceptors (Lipinski definition) is 4. The molecule has 1 amide bonds. The highest BCUT2D eigenvalue weighted by Gasteiger charge is 2.14. The molecule has 1 atom stereocenters. The molecule has 0 aliphatic rings. The normalized spacial score (nSPS) is 12.8. The largest absolute Gasteiger partial charge is 0.353 e. The fraction of sp³-hybridized carbons (Fsp3) is 0.400. The molecule has 0 saturated carbocycles. The second-order valence-electron chi connectivity index (χ2n) is 5.31. The highest BCUT2D eigenvalue weighted by Crippen LogP contribution is 2.22. The molecule has 0 unspecified atom stereocenters. The predicted octanol–water partition coefficient (Wildman–Crippen LogP) is 2.61. The van der Waals surface area contributed by atoms with Gasteiger partial charge >= 0.3 is 0 Å². The molecule has 0 aliphatic heterocycles. The summed E-state index contributed by atoms with van der Waals surface area (Å²) in [5.41, 5.74) is 1.91. The lowest BCUT2D eigenvalue weighted by Crippen LogP contribution is -2.33. The number of thioether (sulfide) groups is 1. The number of para-hydroxylation sites is 2. The van der Waals surface area contributed by atoms with Gasteiger partial charge in [-0.05, 0) is 25.5 Å². The van der Waals surface area contributed by atoms with Crippen LogP contribution in [0, 0.1) is 0 Å². The van der Waals surface area contributed by atoms with Gasteiger partial charge < -0.3 is 5.32 Å². The van der Waals surface area contributed by atoms with Crippen molar-refractivity contribution >= 4 is 34.5 Å². The maximum absolute atomic E-state index is 12.0. The summed E-state index contributed by atoms with van der Waals surface area (Å²) >= 11 is 1.41. The van der Waals surface area contributed by atoms with Gasteiger partial charge in [0.1, 0.15) is 0 Å². The van der Waals surface area contributed by atoms with Crippen LogP contribution in [0.25, 0.3) is 16.8 Å². The molecule has 2 aromatic heterocycles. The van der Waals surface area contributed by atoms with E-state index in [1.54, 1.807) is 0 Å². The van der Waals surface area contributed by atoms with Gasteiger partial charge in [-0.25, -0.2) is 10.1 Å². The van der Waals surface area contributed by atoms with Crippen LogP contribution in [-0.2, 0) is 4.79 Å². The zero-order chi connectivity index (χ0) is 15.5. The summed E-state index contributed by atoms with van der Waals surface area (Å²) in [5.74, 6) is 1.08. The quantitative estimate of drug-likeness (QED) is 0.685. The third-order valence-corrected chi connectivity index (χ3v) is 4.40. The molecule has 0 saturated heterocycles. The van der Waals surface area contributed by atoms with Gasteiger partial charge in [-0.2, -0.15) is 0 Å². The van der Waals surface area contributed by atoms with Crippen LogP contribution in [0.15, 0.2) is 29.4 Å². The highest BCUT2D eigenvalue weighted by atomic mass is 32.2. The molecule has 3 rings (SSSR count). The van der Waals surface area contributed by atoms with Gasteiger partial charge in [0.25, 0.3) is 0 Å². The monoisotopic (exact) mass is 317 g/mol. The Morgan fingerprint density at radius 3 is 3.09 bits per heavy atom. The molecule has 116 valence electrons. The number of fused-ring (bicyclic) bond motifs is 3. The molecule has 7 heteroatoms. The van der Waals surface area contributed by atoms with Gasteiger partial charge in [-0.3, -0.25) is 9.20 Å². The Morgan fingerprint density at radius 1 is 1.45 bits per heavy atom. The molecular weight excluding hydrogens is 298 g/mol. The van der Waals surface area contributed by atoms with E-state index in [4.69, 9.17) is 0 Å². The van der Waals surface area contributed by atoms with Crippen LogP contribution < -0.4 is 5.32 Å². The number of rotatable bonds is 6. The maximum atomic E-state index is 12.0. The zero-order valence-electron chi connectivity index (χ0n) is 12.7. The van der Waals surface area contributed by atoms with Crippen LogP contribution >= 0.6 is 11.8 Å². The van der Waals surface area contributed by atoms with E-state index in [-0.39, 0.29) is 11.9 Å². The molecule has 0 spiro atoms.